The SMILES string of the molecule is CCc1ccc(-c2cc(C(=O)NN=Cc3cc(OC)ccc3OC)[nH]n2)cc1. The summed E-state index contributed by atoms with van der Waals surface area (Å²) in [6.07, 6.45) is 2.48. The Kier molecular flexibility index (Phi) is 6.06. The number of rotatable bonds is 7. The Hall–Kier alpha value is -3.61. The summed E-state index contributed by atoms with van der Waals surface area (Å²) in [5.74, 6) is 0.904. The molecule has 7 nitrogen and oxygen atoms in total. The summed E-state index contributed by atoms with van der Waals surface area (Å²) >= 11 is 0. The fourth-order valence-electron chi connectivity index (χ4n) is 2.66. The van der Waals surface area contributed by atoms with Crippen LogP contribution in [-0.4, -0.2) is 36.5 Å². The van der Waals surface area contributed by atoms with Crippen LogP contribution in [0.1, 0.15) is 28.5 Å². The topological polar surface area (TPSA) is 88.6 Å². The van der Waals surface area contributed by atoms with Gasteiger partial charge in [-0.3, -0.25) is 9.89 Å². The molecule has 28 heavy (non-hydrogen) atoms. The van der Waals surface area contributed by atoms with Crippen LogP contribution < -0.4 is 14.9 Å². The average molecular weight is 378 g/mol. The van der Waals surface area contributed by atoms with Crippen molar-refractivity contribution in [3.05, 3.63) is 65.4 Å². The molecule has 0 unspecified atom stereocenters. The van der Waals surface area contributed by atoms with Gasteiger partial charge in [0.2, 0.25) is 0 Å². The predicted molar refractivity (Wildman–Crippen MR) is 108 cm³/mol. The Balaban J connectivity index is 1.68. The van der Waals surface area contributed by atoms with Crippen molar-refractivity contribution in [2.75, 3.05) is 14.2 Å². The molecule has 0 aliphatic rings. The molecule has 2 N–H and O–H groups in total. The molecule has 7 heteroatoms. The molecule has 1 heterocycles. The third-order valence-electron chi connectivity index (χ3n) is 4.29. The largest absolute Gasteiger partial charge is 0.497 e. The molecule has 0 saturated carbocycles. The molecule has 0 atom stereocenters. The van der Waals surface area contributed by atoms with Crippen molar-refractivity contribution in [1.82, 2.24) is 15.6 Å². The van der Waals surface area contributed by atoms with Crippen molar-refractivity contribution in [1.29, 1.82) is 0 Å². The van der Waals surface area contributed by atoms with Crippen molar-refractivity contribution in [2.24, 2.45) is 5.10 Å². The maximum atomic E-state index is 12.3. The maximum Gasteiger partial charge on any atom is 0.289 e. The van der Waals surface area contributed by atoms with Gasteiger partial charge in [0.05, 0.1) is 26.1 Å². The van der Waals surface area contributed by atoms with E-state index < -0.39 is 0 Å². The Morgan fingerprint density at radius 1 is 1.14 bits per heavy atom. The molecule has 0 aliphatic heterocycles. The standard InChI is InChI=1S/C21H22N4O3/c1-4-14-5-7-15(8-6-14)18-12-19(24-23-18)21(26)25-22-13-16-11-17(27-2)9-10-20(16)28-3/h5-13H,4H2,1-3H3,(H,23,24)(H,25,26). The third-order valence-corrected chi connectivity index (χ3v) is 4.29. The molecule has 0 fully saturated rings. The Morgan fingerprint density at radius 2 is 1.93 bits per heavy atom. The quantitative estimate of drug-likeness (QED) is 0.487. The maximum absolute atomic E-state index is 12.3. The number of hydrogen-bond donors (Lipinski definition) is 2. The number of benzene rings is 2. The van der Waals surface area contributed by atoms with E-state index in [9.17, 15) is 4.79 Å². The molecule has 1 aromatic heterocycles. The summed E-state index contributed by atoms with van der Waals surface area (Å²) in [6, 6.07) is 15.1. The van der Waals surface area contributed by atoms with Crippen LogP contribution in [0.2, 0.25) is 0 Å². The van der Waals surface area contributed by atoms with Crippen molar-refractivity contribution in [3.63, 3.8) is 0 Å². The van der Waals surface area contributed by atoms with Crippen molar-refractivity contribution in [3.8, 4) is 22.8 Å². The van der Waals surface area contributed by atoms with Crippen molar-refractivity contribution in [2.45, 2.75) is 13.3 Å². The molecule has 144 valence electrons. The lowest BCUT2D eigenvalue weighted by molar-refractivity contribution is 0.0950. The molecule has 0 saturated heterocycles. The zero-order chi connectivity index (χ0) is 19.9. The number of methoxy groups -OCH3 is 2. The minimum Gasteiger partial charge on any atom is -0.497 e. The highest BCUT2D eigenvalue weighted by molar-refractivity contribution is 5.94. The predicted octanol–water partition coefficient (Wildman–Crippen LogP) is 3.42. The molecular weight excluding hydrogens is 356 g/mol. The third kappa shape index (κ3) is 4.37. The minimum absolute atomic E-state index is 0.323. The van der Waals surface area contributed by atoms with E-state index in [0.717, 1.165) is 12.0 Å². The van der Waals surface area contributed by atoms with Gasteiger partial charge >= 0.3 is 0 Å². The highest BCUT2D eigenvalue weighted by atomic mass is 16.5. The normalized spacial score (nSPS) is 10.8. The van der Waals surface area contributed by atoms with E-state index in [4.69, 9.17) is 9.47 Å². The first-order chi connectivity index (χ1) is 13.6. The van der Waals surface area contributed by atoms with E-state index in [-0.39, 0.29) is 5.91 Å². The van der Waals surface area contributed by atoms with Crippen LogP contribution in [0.15, 0.2) is 53.6 Å². The fraction of sp³-hybridized carbons (Fsp3) is 0.190. The zero-order valence-corrected chi connectivity index (χ0v) is 16.0. The molecular formula is C21H22N4O3. The summed E-state index contributed by atoms with van der Waals surface area (Å²) < 4.78 is 10.5. The van der Waals surface area contributed by atoms with Gasteiger partial charge < -0.3 is 9.47 Å². The smallest absolute Gasteiger partial charge is 0.289 e. The van der Waals surface area contributed by atoms with Crippen LogP contribution in [0.25, 0.3) is 11.3 Å². The van der Waals surface area contributed by atoms with Gasteiger partial charge in [0.1, 0.15) is 17.2 Å². The Bertz CT molecular complexity index is 978. The molecule has 0 aliphatic carbocycles. The Labute approximate surface area is 163 Å². The lowest BCUT2D eigenvalue weighted by Gasteiger charge is -2.06. The van der Waals surface area contributed by atoms with Gasteiger partial charge in [-0.2, -0.15) is 10.2 Å². The van der Waals surface area contributed by atoms with Gasteiger partial charge in [-0.05, 0) is 36.2 Å². The van der Waals surface area contributed by atoms with Crippen LogP contribution in [0, 0.1) is 0 Å². The lowest BCUT2D eigenvalue weighted by atomic mass is 10.1. The molecule has 2 aromatic carbocycles. The number of aromatic nitrogens is 2. The van der Waals surface area contributed by atoms with Crippen molar-refractivity contribution >= 4 is 12.1 Å². The van der Waals surface area contributed by atoms with Crippen LogP contribution in [0.3, 0.4) is 0 Å². The van der Waals surface area contributed by atoms with E-state index in [1.165, 1.54) is 11.8 Å². The van der Waals surface area contributed by atoms with Gasteiger partial charge in [0, 0.05) is 11.1 Å². The monoisotopic (exact) mass is 378 g/mol. The number of carbonyl (C=O) groups is 1. The second-order valence-electron chi connectivity index (χ2n) is 6.02. The van der Waals surface area contributed by atoms with E-state index in [1.807, 2.05) is 12.1 Å². The minimum atomic E-state index is -0.387. The highest BCUT2D eigenvalue weighted by Crippen LogP contribution is 2.22. The first-order valence-electron chi connectivity index (χ1n) is 8.84. The van der Waals surface area contributed by atoms with Crippen LogP contribution in [0.4, 0.5) is 0 Å². The first kappa shape index (κ1) is 19.2. The summed E-state index contributed by atoms with van der Waals surface area (Å²) in [6.45, 7) is 2.10. The number of carbonyl (C=O) groups excluding carboxylic acids is 1. The summed E-state index contributed by atoms with van der Waals surface area (Å²) in [4.78, 5) is 12.3. The number of H-pyrrole nitrogens is 1. The molecule has 0 radical (unpaired) electrons. The van der Waals surface area contributed by atoms with E-state index in [0.29, 0.717) is 28.5 Å². The van der Waals surface area contributed by atoms with Gasteiger partial charge in [-0.1, -0.05) is 31.2 Å². The molecule has 3 aromatic rings. The molecule has 0 spiro atoms. The number of aromatic amines is 1. The number of nitrogens with one attached hydrogen (secondary N) is 2. The van der Waals surface area contributed by atoms with Gasteiger partial charge in [-0.15, -0.1) is 0 Å². The highest BCUT2D eigenvalue weighted by Gasteiger charge is 2.10. The number of hydrazone groups is 1. The second-order valence-corrected chi connectivity index (χ2v) is 6.02. The number of nitrogens with zero attached hydrogens (tertiary/aromatic N) is 2. The average Bonchev–Trinajstić information content (AvgIpc) is 3.24. The van der Waals surface area contributed by atoms with Crippen LogP contribution >= 0.6 is 0 Å². The molecule has 3 rings (SSSR count). The van der Waals surface area contributed by atoms with Gasteiger partial charge in [-0.25, -0.2) is 5.43 Å². The number of hydrogen-bond acceptors (Lipinski definition) is 5. The lowest BCUT2D eigenvalue weighted by Crippen LogP contribution is -2.18. The van der Waals surface area contributed by atoms with Gasteiger partial charge in [0.15, 0.2) is 0 Å². The molecule has 0 bridgehead atoms. The van der Waals surface area contributed by atoms with E-state index in [1.54, 1.807) is 38.5 Å². The number of aryl methyl sites for hydroxylation is 1. The molecule has 1 amide bonds. The first-order valence-corrected chi connectivity index (χ1v) is 8.84. The summed E-state index contributed by atoms with van der Waals surface area (Å²) in [5, 5.41) is 10.9. The van der Waals surface area contributed by atoms with Gasteiger partial charge in [0.25, 0.3) is 5.91 Å². The number of ether oxygens (including phenoxy) is 2. The number of amides is 1. The van der Waals surface area contributed by atoms with E-state index in [2.05, 4.69) is 39.8 Å². The van der Waals surface area contributed by atoms with E-state index >= 15 is 0 Å². The second kappa shape index (κ2) is 8.85. The van der Waals surface area contributed by atoms with Crippen LogP contribution in [-0.2, 0) is 6.42 Å². The summed E-state index contributed by atoms with van der Waals surface area (Å²) in [7, 11) is 3.15. The Morgan fingerprint density at radius 3 is 2.61 bits per heavy atom. The fourth-order valence-corrected chi connectivity index (χ4v) is 2.66. The van der Waals surface area contributed by atoms with Crippen LogP contribution in [0.5, 0.6) is 11.5 Å². The summed E-state index contributed by atoms with van der Waals surface area (Å²) in [5.41, 5.74) is 6.38. The zero-order valence-electron chi connectivity index (χ0n) is 16.0. The van der Waals surface area contributed by atoms with Crippen molar-refractivity contribution < 1.29 is 14.3 Å².